The number of nitrogens with one attached hydrogen (secondary N) is 1. The minimum atomic E-state index is -1.40. The van der Waals surface area contributed by atoms with E-state index in [1.807, 2.05) is 0 Å². The summed E-state index contributed by atoms with van der Waals surface area (Å²) in [5.74, 6) is -2.69. The van der Waals surface area contributed by atoms with E-state index in [-0.39, 0.29) is 11.4 Å². The smallest absolute Gasteiger partial charge is 0.338 e. The summed E-state index contributed by atoms with van der Waals surface area (Å²) in [4.78, 5) is 10.8. The van der Waals surface area contributed by atoms with Gasteiger partial charge >= 0.3 is 5.97 Å². The Balaban J connectivity index is 2.30. The Morgan fingerprint density at radius 2 is 1.90 bits per heavy atom. The van der Waals surface area contributed by atoms with Crippen molar-refractivity contribution in [3.05, 3.63) is 59.2 Å². The predicted molar refractivity (Wildman–Crippen MR) is 76.2 cm³/mol. The molecule has 0 aliphatic heterocycles. The molecule has 0 saturated heterocycles. The molecule has 0 aromatic heterocycles. The third kappa shape index (κ3) is 3.10. The largest absolute Gasteiger partial charge is 0.478 e. The first-order chi connectivity index (χ1) is 9.90. The molecular weight excluding hydrogens is 278 g/mol. The molecule has 0 aliphatic rings. The molecule has 0 amide bonds. The first kappa shape index (κ1) is 14.8. The van der Waals surface area contributed by atoms with Gasteiger partial charge in [0, 0.05) is 5.56 Å². The van der Waals surface area contributed by atoms with Crippen LogP contribution in [0, 0.1) is 11.6 Å². The maximum absolute atomic E-state index is 13.7. The summed E-state index contributed by atoms with van der Waals surface area (Å²) in [7, 11) is 0. The number of aromatic carboxylic acids is 1. The molecule has 110 valence electrons. The van der Waals surface area contributed by atoms with Crippen LogP contribution in [-0.4, -0.2) is 11.1 Å². The molecule has 6 heteroatoms. The number of nitrogens with two attached hydrogens (primary N) is 1. The molecule has 4 nitrogen and oxygen atoms in total. The lowest BCUT2D eigenvalue weighted by atomic mass is 10.1. The van der Waals surface area contributed by atoms with Crippen molar-refractivity contribution < 1.29 is 18.7 Å². The van der Waals surface area contributed by atoms with E-state index in [1.165, 1.54) is 6.07 Å². The van der Waals surface area contributed by atoms with Gasteiger partial charge in [-0.25, -0.2) is 13.6 Å². The fourth-order valence-corrected chi connectivity index (χ4v) is 2.02. The van der Waals surface area contributed by atoms with Gasteiger partial charge in [0.25, 0.3) is 0 Å². The second-order valence-corrected chi connectivity index (χ2v) is 4.61. The van der Waals surface area contributed by atoms with Crippen molar-refractivity contribution >= 4 is 17.3 Å². The molecule has 0 heterocycles. The zero-order chi connectivity index (χ0) is 15.6. The van der Waals surface area contributed by atoms with Gasteiger partial charge in [-0.15, -0.1) is 0 Å². The summed E-state index contributed by atoms with van der Waals surface area (Å²) in [6.45, 7) is 1.70. The average Bonchev–Trinajstić information content (AvgIpc) is 2.42. The van der Waals surface area contributed by atoms with Gasteiger partial charge in [-0.2, -0.15) is 0 Å². The topological polar surface area (TPSA) is 75.3 Å². The Morgan fingerprint density at radius 3 is 2.52 bits per heavy atom. The van der Waals surface area contributed by atoms with Gasteiger partial charge < -0.3 is 16.2 Å². The number of anilines is 2. The summed E-state index contributed by atoms with van der Waals surface area (Å²) >= 11 is 0. The lowest BCUT2D eigenvalue weighted by Crippen LogP contribution is -2.11. The molecular formula is C15H14F2N2O2. The van der Waals surface area contributed by atoms with Crippen LogP contribution < -0.4 is 11.1 Å². The fourth-order valence-electron chi connectivity index (χ4n) is 2.02. The maximum atomic E-state index is 13.7. The van der Waals surface area contributed by atoms with Crippen LogP contribution >= 0.6 is 0 Å². The molecule has 0 bridgehead atoms. The van der Waals surface area contributed by atoms with Crippen molar-refractivity contribution in [1.29, 1.82) is 0 Å². The molecule has 1 atom stereocenters. The third-order valence-corrected chi connectivity index (χ3v) is 3.11. The number of rotatable bonds is 4. The van der Waals surface area contributed by atoms with E-state index in [1.54, 1.807) is 25.1 Å². The predicted octanol–water partition coefficient (Wildman–Crippen LogP) is 3.42. The Bertz CT molecular complexity index is 689. The molecule has 21 heavy (non-hydrogen) atoms. The van der Waals surface area contributed by atoms with E-state index >= 15 is 0 Å². The van der Waals surface area contributed by atoms with Crippen LogP contribution in [0.5, 0.6) is 0 Å². The highest BCUT2D eigenvalue weighted by molar-refractivity contribution is 5.90. The van der Waals surface area contributed by atoms with Crippen LogP contribution in [0.15, 0.2) is 36.4 Å². The third-order valence-electron chi connectivity index (χ3n) is 3.11. The summed E-state index contributed by atoms with van der Waals surface area (Å²) < 4.78 is 27.3. The van der Waals surface area contributed by atoms with Crippen LogP contribution in [0.2, 0.25) is 0 Å². The fraction of sp³-hybridized carbons (Fsp3) is 0.133. The highest BCUT2D eigenvalue weighted by Gasteiger charge is 2.16. The van der Waals surface area contributed by atoms with Crippen molar-refractivity contribution in [1.82, 2.24) is 0 Å². The SMILES string of the molecule is CC(Nc1cc(F)c(C(=O)O)cc1N)c1ccccc1F. The first-order valence-electron chi connectivity index (χ1n) is 6.23. The van der Waals surface area contributed by atoms with E-state index < -0.39 is 29.2 Å². The molecule has 4 N–H and O–H groups in total. The highest BCUT2D eigenvalue weighted by atomic mass is 19.1. The van der Waals surface area contributed by atoms with Crippen LogP contribution in [0.3, 0.4) is 0 Å². The summed E-state index contributed by atoms with van der Waals surface area (Å²) in [5, 5.41) is 11.7. The number of hydrogen-bond donors (Lipinski definition) is 3. The molecule has 1 unspecified atom stereocenters. The second-order valence-electron chi connectivity index (χ2n) is 4.61. The molecule has 2 aromatic rings. The van der Waals surface area contributed by atoms with Gasteiger partial charge in [0.05, 0.1) is 23.0 Å². The lowest BCUT2D eigenvalue weighted by Gasteiger charge is -2.18. The zero-order valence-electron chi connectivity index (χ0n) is 11.2. The summed E-state index contributed by atoms with van der Waals surface area (Å²) in [5.41, 5.74) is 5.90. The number of nitrogen functional groups attached to an aromatic ring is 1. The van der Waals surface area contributed by atoms with Crippen molar-refractivity contribution in [2.24, 2.45) is 0 Å². The number of carboxylic acid groups (broad SMARTS) is 1. The van der Waals surface area contributed by atoms with Crippen LogP contribution in [0.25, 0.3) is 0 Å². The van der Waals surface area contributed by atoms with Crippen LogP contribution in [0.4, 0.5) is 20.2 Å². The number of carboxylic acids is 1. The van der Waals surface area contributed by atoms with Gasteiger partial charge in [-0.3, -0.25) is 0 Å². The van der Waals surface area contributed by atoms with Crippen LogP contribution in [0.1, 0.15) is 28.9 Å². The summed E-state index contributed by atoms with van der Waals surface area (Å²) in [6, 6.07) is 7.76. The molecule has 2 aromatic carbocycles. The Kier molecular flexibility index (Phi) is 4.07. The van der Waals surface area contributed by atoms with Crippen molar-refractivity contribution in [2.45, 2.75) is 13.0 Å². The Hall–Kier alpha value is -2.63. The number of benzene rings is 2. The number of carbonyl (C=O) groups is 1. The maximum Gasteiger partial charge on any atom is 0.338 e. The minimum absolute atomic E-state index is 0.0805. The molecule has 0 spiro atoms. The molecule has 0 radical (unpaired) electrons. The van der Waals surface area contributed by atoms with Crippen molar-refractivity contribution in [3.8, 4) is 0 Å². The number of hydrogen-bond acceptors (Lipinski definition) is 3. The average molecular weight is 292 g/mol. The highest BCUT2D eigenvalue weighted by Crippen LogP contribution is 2.28. The quantitative estimate of drug-likeness (QED) is 0.755. The Morgan fingerprint density at radius 1 is 1.24 bits per heavy atom. The normalized spacial score (nSPS) is 12.0. The van der Waals surface area contributed by atoms with E-state index in [0.717, 1.165) is 12.1 Å². The second kappa shape index (κ2) is 5.78. The van der Waals surface area contributed by atoms with Gasteiger partial charge in [-0.1, -0.05) is 18.2 Å². The molecule has 0 fully saturated rings. The van der Waals surface area contributed by atoms with Crippen molar-refractivity contribution in [3.63, 3.8) is 0 Å². The van der Waals surface area contributed by atoms with Gasteiger partial charge in [0.1, 0.15) is 11.6 Å². The van der Waals surface area contributed by atoms with Crippen molar-refractivity contribution in [2.75, 3.05) is 11.1 Å². The van der Waals surface area contributed by atoms with Gasteiger partial charge in [0.2, 0.25) is 0 Å². The van der Waals surface area contributed by atoms with Gasteiger partial charge in [0.15, 0.2) is 0 Å². The molecule has 0 saturated carbocycles. The first-order valence-corrected chi connectivity index (χ1v) is 6.23. The van der Waals surface area contributed by atoms with E-state index in [9.17, 15) is 13.6 Å². The van der Waals surface area contributed by atoms with E-state index in [0.29, 0.717) is 5.56 Å². The molecule has 0 aliphatic carbocycles. The van der Waals surface area contributed by atoms with Gasteiger partial charge in [-0.05, 0) is 25.1 Å². The minimum Gasteiger partial charge on any atom is -0.478 e. The van der Waals surface area contributed by atoms with E-state index in [2.05, 4.69) is 5.32 Å². The Labute approximate surface area is 120 Å². The monoisotopic (exact) mass is 292 g/mol. The standard InChI is InChI=1S/C15H14F2N2O2/c1-8(9-4-2-3-5-11(9)16)19-14-7-12(17)10(15(20)21)6-13(14)18/h2-8,19H,18H2,1H3,(H,20,21). The summed E-state index contributed by atoms with van der Waals surface area (Å²) in [6.07, 6.45) is 0. The van der Waals surface area contributed by atoms with E-state index in [4.69, 9.17) is 10.8 Å². The number of halogens is 2. The van der Waals surface area contributed by atoms with Crippen LogP contribution in [-0.2, 0) is 0 Å². The molecule has 2 rings (SSSR count). The zero-order valence-corrected chi connectivity index (χ0v) is 11.2. The lowest BCUT2D eigenvalue weighted by molar-refractivity contribution is 0.0692.